The van der Waals surface area contributed by atoms with Crippen molar-refractivity contribution in [2.75, 3.05) is 5.32 Å². The lowest BCUT2D eigenvalue weighted by Crippen LogP contribution is -2.21. The number of nitrogens with zero attached hydrogens (tertiary/aromatic N) is 2. The zero-order valence-corrected chi connectivity index (χ0v) is 20.3. The number of aromatic nitrogens is 2. The molecule has 1 atom stereocenters. The molecule has 0 aliphatic carbocycles. The summed E-state index contributed by atoms with van der Waals surface area (Å²) >= 11 is 6.22. The minimum absolute atomic E-state index is 0.0106. The summed E-state index contributed by atoms with van der Waals surface area (Å²) in [5, 5.41) is 8.64. The van der Waals surface area contributed by atoms with E-state index in [0.717, 1.165) is 28.9 Å². The van der Waals surface area contributed by atoms with Gasteiger partial charge in [0.2, 0.25) is 0 Å². The fourth-order valence-electron chi connectivity index (χ4n) is 4.47. The van der Waals surface area contributed by atoms with Gasteiger partial charge in [-0.2, -0.15) is 31.4 Å². The number of benzene rings is 2. The van der Waals surface area contributed by atoms with Gasteiger partial charge in [-0.25, -0.2) is 13.3 Å². The minimum atomic E-state index is -4.99. The lowest BCUT2D eigenvalue weighted by molar-refractivity contribution is -0.137. The van der Waals surface area contributed by atoms with Crippen molar-refractivity contribution in [3.63, 3.8) is 0 Å². The molecule has 2 aromatic heterocycles. The highest BCUT2D eigenvalue weighted by atomic mass is 35.5. The molecule has 4 aromatic rings. The highest BCUT2D eigenvalue weighted by molar-refractivity contribution is 6.31. The predicted molar refractivity (Wildman–Crippen MR) is 125 cm³/mol. The number of hydrogen-bond acceptors (Lipinski definition) is 3. The maximum Gasteiger partial charge on any atom is 0.416 e. The van der Waals surface area contributed by atoms with E-state index in [1.165, 1.54) is 6.07 Å². The SMILES string of the molecule is O=C(Nc1cc2c(CC(F)(F)F)cnn2c2c1C(c1cc(F)ccc1Cl)NC2=O)c1cc(F)cc(C(F)(F)F)c1. The van der Waals surface area contributed by atoms with E-state index in [2.05, 4.69) is 15.7 Å². The summed E-state index contributed by atoms with van der Waals surface area (Å²) in [6.45, 7) is 0. The van der Waals surface area contributed by atoms with Gasteiger partial charge >= 0.3 is 12.4 Å². The number of fused-ring (bicyclic) bond motifs is 3. The molecule has 40 heavy (non-hydrogen) atoms. The van der Waals surface area contributed by atoms with Gasteiger partial charge in [0.25, 0.3) is 11.8 Å². The summed E-state index contributed by atoms with van der Waals surface area (Å²) in [4.78, 5) is 26.1. The minimum Gasteiger partial charge on any atom is -0.340 e. The lowest BCUT2D eigenvalue weighted by atomic mass is 9.97. The average Bonchev–Trinajstić information content (AvgIpc) is 3.39. The van der Waals surface area contributed by atoms with Crippen LogP contribution in [0.2, 0.25) is 5.02 Å². The van der Waals surface area contributed by atoms with Crippen molar-refractivity contribution in [1.29, 1.82) is 0 Å². The number of anilines is 1. The van der Waals surface area contributed by atoms with Gasteiger partial charge in [-0.15, -0.1) is 0 Å². The molecule has 5 rings (SSSR count). The van der Waals surface area contributed by atoms with Gasteiger partial charge in [0.15, 0.2) is 0 Å². The summed E-state index contributed by atoms with van der Waals surface area (Å²) in [6.07, 6.45) is -10.3. The van der Waals surface area contributed by atoms with E-state index in [0.29, 0.717) is 12.1 Å². The maximum absolute atomic E-state index is 14.1. The van der Waals surface area contributed by atoms with E-state index in [4.69, 9.17) is 11.6 Å². The molecule has 0 bridgehead atoms. The number of halogens is 9. The first kappa shape index (κ1) is 27.4. The third-order valence-electron chi connectivity index (χ3n) is 6.10. The van der Waals surface area contributed by atoms with Crippen LogP contribution in [-0.4, -0.2) is 27.6 Å². The van der Waals surface area contributed by atoms with Crippen LogP contribution >= 0.6 is 11.6 Å². The van der Waals surface area contributed by atoms with Crippen molar-refractivity contribution in [3.8, 4) is 0 Å². The maximum atomic E-state index is 14.1. The van der Waals surface area contributed by atoms with E-state index in [1.54, 1.807) is 0 Å². The molecule has 1 aliphatic heterocycles. The van der Waals surface area contributed by atoms with Crippen molar-refractivity contribution in [3.05, 3.63) is 98.8 Å². The first-order valence-electron chi connectivity index (χ1n) is 11.2. The molecule has 0 spiro atoms. The predicted octanol–water partition coefficient (Wildman–Crippen LogP) is 6.47. The second-order valence-electron chi connectivity index (χ2n) is 8.83. The molecule has 0 saturated carbocycles. The highest BCUT2D eigenvalue weighted by Crippen LogP contribution is 2.41. The summed E-state index contributed by atoms with van der Waals surface area (Å²) in [6, 6.07) is 4.09. The molecule has 2 aromatic carbocycles. The normalized spacial score (nSPS) is 15.3. The second-order valence-corrected chi connectivity index (χ2v) is 9.24. The molecule has 0 saturated heterocycles. The molecule has 1 aliphatic rings. The quantitative estimate of drug-likeness (QED) is 0.268. The van der Waals surface area contributed by atoms with Crippen molar-refractivity contribution in [2.45, 2.75) is 24.8 Å². The van der Waals surface area contributed by atoms with E-state index >= 15 is 0 Å². The van der Waals surface area contributed by atoms with Gasteiger partial charge in [-0.1, -0.05) is 11.6 Å². The van der Waals surface area contributed by atoms with Crippen LogP contribution in [0.1, 0.15) is 49.1 Å². The molecular formula is C25H13ClF8N4O2. The largest absolute Gasteiger partial charge is 0.416 e. The van der Waals surface area contributed by atoms with Crippen LogP contribution in [0.15, 0.2) is 48.7 Å². The Hall–Kier alpha value is -4.20. The first-order chi connectivity index (χ1) is 18.6. The van der Waals surface area contributed by atoms with Crippen LogP contribution in [0.3, 0.4) is 0 Å². The fraction of sp³-hybridized carbons (Fsp3) is 0.160. The van der Waals surface area contributed by atoms with Crippen molar-refractivity contribution in [2.24, 2.45) is 0 Å². The molecule has 15 heteroatoms. The molecular weight excluding hydrogens is 576 g/mol. The standard InChI is InChI=1S/C25H13ClF8N4O2/c26-16-2-1-13(27)6-15(16)20-19-17(36-22(39)10-3-12(25(32,33)34)5-14(28)4-10)7-18-11(8-24(29,30)31)9-35-38(18)21(19)23(40)37-20/h1-7,9,20H,8H2,(H,36,39)(H,37,40). The third kappa shape index (κ3) is 5.06. The van der Waals surface area contributed by atoms with Crippen molar-refractivity contribution >= 4 is 34.6 Å². The molecule has 3 heterocycles. The van der Waals surface area contributed by atoms with Gasteiger partial charge < -0.3 is 10.6 Å². The Morgan fingerprint density at radius 2 is 1.75 bits per heavy atom. The van der Waals surface area contributed by atoms with Crippen LogP contribution in [0.4, 0.5) is 40.8 Å². The number of hydrogen-bond donors (Lipinski definition) is 2. The van der Waals surface area contributed by atoms with E-state index in [9.17, 15) is 44.7 Å². The van der Waals surface area contributed by atoms with Crippen molar-refractivity contribution < 1.29 is 44.7 Å². The molecule has 2 N–H and O–H groups in total. The van der Waals surface area contributed by atoms with E-state index < -0.39 is 59.4 Å². The van der Waals surface area contributed by atoms with Gasteiger partial charge in [0.05, 0.1) is 35.4 Å². The number of carbonyl (C=O) groups is 2. The van der Waals surface area contributed by atoms with Crippen molar-refractivity contribution in [1.82, 2.24) is 14.9 Å². The Labute approximate surface area is 223 Å². The Balaban J connectivity index is 1.70. The molecule has 6 nitrogen and oxygen atoms in total. The van der Waals surface area contributed by atoms with Gasteiger partial charge in [-0.3, -0.25) is 9.59 Å². The van der Waals surface area contributed by atoms with Crippen LogP contribution in [-0.2, 0) is 12.6 Å². The molecule has 0 radical (unpaired) electrons. The second kappa shape index (κ2) is 9.47. The Kier molecular flexibility index (Phi) is 6.48. The number of amides is 2. The van der Waals surface area contributed by atoms with Crippen LogP contribution in [0, 0.1) is 11.6 Å². The summed E-state index contributed by atoms with van der Waals surface area (Å²) in [5.41, 5.74) is -3.59. The van der Waals surface area contributed by atoms with Gasteiger partial charge in [0.1, 0.15) is 17.3 Å². The summed E-state index contributed by atoms with van der Waals surface area (Å²) < 4.78 is 108. The molecule has 0 fully saturated rings. The smallest absolute Gasteiger partial charge is 0.340 e. The number of alkyl halides is 6. The summed E-state index contributed by atoms with van der Waals surface area (Å²) in [5.74, 6) is -4.25. The van der Waals surface area contributed by atoms with Crippen LogP contribution in [0.25, 0.3) is 5.52 Å². The molecule has 2 amide bonds. The summed E-state index contributed by atoms with van der Waals surface area (Å²) in [7, 11) is 0. The van der Waals surface area contributed by atoms with E-state index in [-0.39, 0.29) is 44.7 Å². The fourth-order valence-corrected chi connectivity index (χ4v) is 4.69. The number of nitrogens with one attached hydrogen (secondary N) is 2. The Bertz CT molecular complexity index is 1700. The van der Waals surface area contributed by atoms with Gasteiger partial charge in [-0.05, 0) is 42.5 Å². The van der Waals surface area contributed by atoms with Crippen LogP contribution in [0.5, 0.6) is 0 Å². The van der Waals surface area contributed by atoms with E-state index in [1.807, 2.05) is 0 Å². The number of carbonyl (C=O) groups excluding carboxylic acids is 2. The topological polar surface area (TPSA) is 75.5 Å². The Morgan fingerprint density at radius 3 is 2.42 bits per heavy atom. The lowest BCUT2D eigenvalue weighted by Gasteiger charge is -2.19. The van der Waals surface area contributed by atoms with Gasteiger partial charge in [0, 0.05) is 27.3 Å². The molecule has 1 unspecified atom stereocenters. The zero-order chi connectivity index (χ0) is 29.1. The average molecular weight is 589 g/mol. The Morgan fingerprint density at radius 1 is 1.02 bits per heavy atom. The number of rotatable bonds is 4. The zero-order valence-electron chi connectivity index (χ0n) is 19.5. The third-order valence-corrected chi connectivity index (χ3v) is 6.44. The first-order valence-corrected chi connectivity index (χ1v) is 11.6. The number of pyridine rings is 1. The highest BCUT2D eigenvalue weighted by Gasteiger charge is 2.39. The van der Waals surface area contributed by atoms with Crippen LogP contribution < -0.4 is 10.6 Å². The monoisotopic (exact) mass is 588 g/mol. The molecule has 208 valence electrons.